The number of hydrogen-bond donors (Lipinski definition) is 2. The highest BCUT2D eigenvalue weighted by Crippen LogP contribution is 2.24. The second-order valence-electron chi connectivity index (χ2n) is 4.73. The lowest BCUT2D eigenvalue weighted by molar-refractivity contribution is 0.466. The summed E-state index contributed by atoms with van der Waals surface area (Å²) in [6.07, 6.45) is 0. The Morgan fingerprint density at radius 3 is 2.45 bits per heavy atom. The number of aryl methyl sites for hydroxylation is 2. The molecule has 2 aromatic rings. The van der Waals surface area contributed by atoms with Crippen LogP contribution in [0.15, 0.2) is 30.3 Å². The van der Waals surface area contributed by atoms with Crippen molar-refractivity contribution in [1.82, 2.24) is 0 Å². The largest absolute Gasteiger partial charge is 0.507 e. The van der Waals surface area contributed by atoms with Gasteiger partial charge in [-0.1, -0.05) is 12.1 Å². The Hall–Kier alpha value is -2.54. The van der Waals surface area contributed by atoms with Crippen LogP contribution in [0.2, 0.25) is 0 Å². The number of anilines is 1. The Morgan fingerprint density at radius 1 is 1.20 bits per heavy atom. The van der Waals surface area contributed by atoms with E-state index in [0.717, 1.165) is 16.7 Å². The molecule has 0 fully saturated rings. The Morgan fingerprint density at radius 2 is 1.85 bits per heavy atom. The van der Waals surface area contributed by atoms with E-state index in [2.05, 4.69) is 5.32 Å². The highest BCUT2D eigenvalue weighted by molar-refractivity contribution is 5.57. The molecule has 0 aliphatic carbocycles. The first-order chi connectivity index (χ1) is 9.51. The lowest BCUT2D eigenvalue weighted by Gasteiger charge is -2.11. The highest BCUT2D eigenvalue weighted by Gasteiger charge is 2.06. The van der Waals surface area contributed by atoms with Crippen molar-refractivity contribution in [3.63, 3.8) is 0 Å². The van der Waals surface area contributed by atoms with Gasteiger partial charge in [-0.05, 0) is 48.7 Å². The van der Waals surface area contributed by atoms with Crippen molar-refractivity contribution in [1.29, 1.82) is 5.26 Å². The molecule has 0 radical (unpaired) electrons. The van der Waals surface area contributed by atoms with E-state index < -0.39 is 5.82 Å². The topological polar surface area (TPSA) is 56.0 Å². The van der Waals surface area contributed by atoms with Crippen LogP contribution in [0, 0.1) is 31.0 Å². The van der Waals surface area contributed by atoms with Gasteiger partial charge in [0.2, 0.25) is 0 Å². The first-order valence-corrected chi connectivity index (χ1v) is 6.24. The summed E-state index contributed by atoms with van der Waals surface area (Å²) in [7, 11) is 0. The van der Waals surface area contributed by atoms with Gasteiger partial charge >= 0.3 is 0 Å². The zero-order valence-corrected chi connectivity index (χ0v) is 11.4. The van der Waals surface area contributed by atoms with Gasteiger partial charge in [-0.3, -0.25) is 0 Å². The molecule has 0 bridgehead atoms. The number of phenolic OH excluding ortho intramolecular Hbond substituents is 1. The van der Waals surface area contributed by atoms with Gasteiger partial charge < -0.3 is 10.4 Å². The van der Waals surface area contributed by atoms with Crippen LogP contribution in [0.5, 0.6) is 5.75 Å². The van der Waals surface area contributed by atoms with Gasteiger partial charge in [0.05, 0.1) is 11.3 Å². The van der Waals surface area contributed by atoms with Crippen LogP contribution in [0.25, 0.3) is 0 Å². The number of nitrogens with zero attached hydrogens (tertiary/aromatic N) is 1. The van der Waals surface area contributed by atoms with Gasteiger partial charge in [-0.2, -0.15) is 5.26 Å². The first kappa shape index (κ1) is 13.9. The van der Waals surface area contributed by atoms with E-state index in [-0.39, 0.29) is 5.56 Å². The number of benzene rings is 2. The van der Waals surface area contributed by atoms with Crippen LogP contribution in [-0.2, 0) is 6.54 Å². The van der Waals surface area contributed by atoms with Crippen molar-refractivity contribution in [3.05, 3.63) is 58.4 Å². The molecule has 0 spiro atoms. The van der Waals surface area contributed by atoms with Gasteiger partial charge in [0, 0.05) is 6.54 Å². The Labute approximate surface area is 117 Å². The van der Waals surface area contributed by atoms with E-state index in [1.807, 2.05) is 32.0 Å². The second kappa shape index (κ2) is 5.62. The highest BCUT2D eigenvalue weighted by atomic mass is 19.1. The van der Waals surface area contributed by atoms with Crippen LogP contribution in [0.3, 0.4) is 0 Å². The lowest BCUT2D eigenvalue weighted by Crippen LogP contribution is -2.02. The van der Waals surface area contributed by atoms with Crippen LogP contribution < -0.4 is 5.32 Å². The molecule has 2 rings (SSSR count). The molecule has 3 nitrogen and oxygen atoms in total. The molecular formula is C16H15FN2O. The molecule has 2 N–H and O–H groups in total. The minimum absolute atomic E-state index is 0.275. The maximum atomic E-state index is 13.0. The van der Waals surface area contributed by atoms with Crippen molar-refractivity contribution in [2.24, 2.45) is 0 Å². The number of hydrogen-bond acceptors (Lipinski definition) is 3. The predicted molar refractivity (Wildman–Crippen MR) is 76.0 cm³/mol. The standard InChI is InChI=1S/C16H15FN2O/c1-10-5-12(6-11(2)16(10)20)9-19-15-4-3-14(17)7-13(15)8-18/h3-7,19-20H,9H2,1-2H3. The number of aromatic hydroxyl groups is 1. The summed E-state index contributed by atoms with van der Waals surface area (Å²) in [6, 6.07) is 9.79. The molecule has 102 valence electrons. The van der Waals surface area contributed by atoms with Crippen LogP contribution in [-0.4, -0.2) is 5.11 Å². The molecule has 0 atom stereocenters. The average molecular weight is 270 g/mol. The fourth-order valence-electron chi connectivity index (χ4n) is 2.11. The van der Waals surface area contributed by atoms with E-state index >= 15 is 0 Å². The summed E-state index contributed by atoms with van der Waals surface area (Å²) >= 11 is 0. The number of phenols is 1. The maximum Gasteiger partial charge on any atom is 0.124 e. The molecule has 4 heteroatoms. The molecule has 20 heavy (non-hydrogen) atoms. The Kier molecular flexibility index (Phi) is 3.90. The molecule has 0 aliphatic heterocycles. The summed E-state index contributed by atoms with van der Waals surface area (Å²) in [5, 5.41) is 21.8. The van der Waals surface area contributed by atoms with Gasteiger partial charge in [0.1, 0.15) is 17.6 Å². The lowest BCUT2D eigenvalue weighted by atomic mass is 10.1. The second-order valence-corrected chi connectivity index (χ2v) is 4.73. The summed E-state index contributed by atoms with van der Waals surface area (Å²) < 4.78 is 13.0. The summed E-state index contributed by atoms with van der Waals surface area (Å²) in [6.45, 7) is 4.18. The molecule has 0 saturated carbocycles. The third-order valence-electron chi connectivity index (χ3n) is 3.14. The van der Waals surface area contributed by atoms with Crippen molar-refractivity contribution in [3.8, 4) is 11.8 Å². The summed E-state index contributed by atoms with van der Waals surface area (Å²) in [4.78, 5) is 0. The molecule has 0 heterocycles. The first-order valence-electron chi connectivity index (χ1n) is 6.24. The van der Waals surface area contributed by atoms with E-state index in [0.29, 0.717) is 18.0 Å². The maximum absolute atomic E-state index is 13.0. The molecular weight excluding hydrogens is 255 g/mol. The number of nitrogens with one attached hydrogen (secondary N) is 1. The molecule has 0 saturated heterocycles. The summed E-state index contributed by atoms with van der Waals surface area (Å²) in [5.41, 5.74) is 3.48. The van der Waals surface area contributed by atoms with Gasteiger partial charge in [-0.25, -0.2) is 4.39 Å². The summed E-state index contributed by atoms with van der Waals surface area (Å²) in [5.74, 6) is -0.128. The van der Waals surface area contributed by atoms with Crippen LogP contribution in [0.1, 0.15) is 22.3 Å². The smallest absolute Gasteiger partial charge is 0.124 e. The molecule has 0 aromatic heterocycles. The van der Waals surface area contributed by atoms with Crippen LogP contribution >= 0.6 is 0 Å². The molecule has 2 aromatic carbocycles. The van der Waals surface area contributed by atoms with Crippen molar-refractivity contribution in [2.75, 3.05) is 5.32 Å². The van der Waals surface area contributed by atoms with E-state index in [1.165, 1.54) is 12.1 Å². The zero-order valence-electron chi connectivity index (χ0n) is 11.4. The van der Waals surface area contributed by atoms with E-state index in [4.69, 9.17) is 5.26 Å². The normalized spacial score (nSPS) is 10.1. The number of rotatable bonds is 3. The van der Waals surface area contributed by atoms with Gasteiger partial charge in [0.15, 0.2) is 0 Å². The molecule has 0 aliphatic rings. The Balaban J connectivity index is 2.19. The van der Waals surface area contributed by atoms with Gasteiger partial charge in [0.25, 0.3) is 0 Å². The van der Waals surface area contributed by atoms with Crippen molar-refractivity contribution in [2.45, 2.75) is 20.4 Å². The average Bonchev–Trinajstić information content (AvgIpc) is 2.43. The third kappa shape index (κ3) is 2.89. The fourth-order valence-corrected chi connectivity index (χ4v) is 2.11. The molecule has 0 amide bonds. The monoisotopic (exact) mass is 270 g/mol. The zero-order chi connectivity index (χ0) is 14.7. The minimum atomic E-state index is -0.427. The van der Waals surface area contributed by atoms with E-state index in [1.54, 1.807) is 6.07 Å². The molecule has 0 unspecified atom stereocenters. The third-order valence-corrected chi connectivity index (χ3v) is 3.14. The predicted octanol–water partition coefficient (Wildman–Crippen LogP) is 3.63. The fraction of sp³-hybridized carbons (Fsp3) is 0.188. The quantitative estimate of drug-likeness (QED) is 0.895. The number of nitriles is 1. The minimum Gasteiger partial charge on any atom is -0.507 e. The Bertz CT molecular complexity index is 666. The van der Waals surface area contributed by atoms with Crippen molar-refractivity contribution >= 4 is 5.69 Å². The van der Waals surface area contributed by atoms with Gasteiger partial charge in [-0.15, -0.1) is 0 Å². The van der Waals surface area contributed by atoms with E-state index in [9.17, 15) is 9.50 Å². The SMILES string of the molecule is Cc1cc(CNc2ccc(F)cc2C#N)cc(C)c1O. The number of halogens is 1. The van der Waals surface area contributed by atoms with Crippen LogP contribution in [0.4, 0.5) is 10.1 Å². The van der Waals surface area contributed by atoms with Crippen molar-refractivity contribution < 1.29 is 9.50 Å².